The number of aliphatic carboxylic acids is 1. The van der Waals surface area contributed by atoms with Gasteiger partial charge < -0.3 is 15.7 Å². The molecule has 3 N–H and O–H groups in total. The van der Waals surface area contributed by atoms with Crippen molar-refractivity contribution < 1.29 is 14.7 Å². The quantitative estimate of drug-likeness (QED) is 0.746. The fourth-order valence-corrected chi connectivity index (χ4v) is 3.86. The van der Waals surface area contributed by atoms with Gasteiger partial charge in [0.25, 0.3) is 0 Å². The van der Waals surface area contributed by atoms with Crippen molar-refractivity contribution in [3.8, 4) is 0 Å². The van der Waals surface area contributed by atoms with Gasteiger partial charge in [-0.15, -0.1) is 0 Å². The number of hydrogen-bond acceptors (Lipinski definition) is 3. The largest absolute Gasteiger partial charge is 0.481 e. The van der Waals surface area contributed by atoms with Crippen molar-refractivity contribution in [2.75, 3.05) is 6.54 Å². The van der Waals surface area contributed by atoms with Crippen molar-refractivity contribution >= 4 is 11.9 Å². The molecule has 1 saturated heterocycles. The maximum Gasteiger partial charge on any atom is 0.307 e. The predicted octanol–water partition coefficient (Wildman–Crippen LogP) is 0.435. The Labute approximate surface area is 106 Å². The molecule has 5 unspecified atom stereocenters. The van der Waals surface area contributed by atoms with E-state index in [9.17, 15) is 9.59 Å². The van der Waals surface area contributed by atoms with E-state index >= 15 is 0 Å². The van der Waals surface area contributed by atoms with Gasteiger partial charge in [-0.2, -0.15) is 0 Å². The molecule has 1 amide bonds. The summed E-state index contributed by atoms with van der Waals surface area (Å²) in [5.74, 6) is -0.954. The zero-order valence-corrected chi connectivity index (χ0v) is 10.4. The molecule has 3 rings (SSSR count). The van der Waals surface area contributed by atoms with E-state index in [1.807, 2.05) is 4.90 Å². The average Bonchev–Trinajstić information content (AvgIpc) is 2.51. The number of amides is 1. The molecule has 0 radical (unpaired) electrons. The number of likely N-dealkylation sites (tertiary alicyclic amines) is 1. The van der Waals surface area contributed by atoms with Gasteiger partial charge >= 0.3 is 5.97 Å². The summed E-state index contributed by atoms with van der Waals surface area (Å²) in [6.45, 7) is 0.792. The lowest BCUT2D eigenvalue weighted by atomic mass is 9.73. The zero-order valence-electron chi connectivity index (χ0n) is 10.4. The molecule has 100 valence electrons. The van der Waals surface area contributed by atoms with Gasteiger partial charge in [0.15, 0.2) is 0 Å². The van der Waals surface area contributed by atoms with Crippen LogP contribution in [-0.2, 0) is 9.59 Å². The predicted molar refractivity (Wildman–Crippen MR) is 64.7 cm³/mol. The first kappa shape index (κ1) is 12.0. The maximum absolute atomic E-state index is 12.4. The highest BCUT2D eigenvalue weighted by molar-refractivity contribution is 5.86. The first-order chi connectivity index (χ1) is 8.56. The lowest BCUT2D eigenvalue weighted by Gasteiger charge is -2.37. The summed E-state index contributed by atoms with van der Waals surface area (Å²) in [6, 6.07) is 0.476. The van der Waals surface area contributed by atoms with E-state index in [0.717, 1.165) is 32.2 Å². The van der Waals surface area contributed by atoms with Crippen LogP contribution in [0.1, 0.15) is 32.1 Å². The SMILES string of the molecule is NC1CC2CC(C1)N(C(=O)C1CCC1C(=O)O)C2. The highest BCUT2D eigenvalue weighted by atomic mass is 16.4. The zero-order chi connectivity index (χ0) is 12.9. The lowest BCUT2D eigenvalue weighted by molar-refractivity contribution is -0.157. The summed E-state index contributed by atoms with van der Waals surface area (Å²) in [5, 5.41) is 9.03. The molecule has 2 saturated carbocycles. The number of fused-ring (bicyclic) bond motifs is 2. The minimum atomic E-state index is -0.821. The normalized spacial score (nSPS) is 42.5. The van der Waals surface area contributed by atoms with E-state index in [2.05, 4.69) is 0 Å². The van der Waals surface area contributed by atoms with Gasteiger partial charge in [0, 0.05) is 18.6 Å². The summed E-state index contributed by atoms with van der Waals surface area (Å²) in [4.78, 5) is 25.3. The number of nitrogens with two attached hydrogens (primary N) is 1. The molecule has 3 aliphatic rings. The third kappa shape index (κ3) is 1.81. The Kier molecular flexibility index (Phi) is 2.81. The Morgan fingerprint density at radius 1 is 1.11 bits per heavy atom. The van der Waals surface area contributed by atoms with E-state index in [4.69, 9.17) is 10.8 Å². The number of hydrogen-bond donors (Lipinski definition) is 2. The van der Waals surface area contributed by atoms with Crippen LogP contribution in [0.3, 0.4) is 0 Å². The van der Waals surface area contributed by atoms with Crippen molar-refractivity contribution in [2.45, 2.75) is 44.2 Å². The topological polar surface area (TPSA) is 83.6 Å². The minimum Gasteiger partial charge on any atom is -0.481 e. The van der Waals surface area contributed by atoms with Gasteiger partial charge in [-0.1, -0.05) is 0 Å². The summed E-state index contributed by atoms with van der Waals surface area (Å²) in [7, 11) is 0. The van der Waals surface area contributed by atoms with Gasteiger partial charge in [0.2, 0.25) is 5.91 Å². The Hall–Kier alpha value is -1.10. The Morgan fingerprint density at radius 3 is 2.44 bits per heavy atom. The smallest absolute Gasteiger partial charge is 0.307 e. The monoisotopic (exact) mass is 252 g/mol. The Bertz CT molecular complexity index is 384. The van der Waals surface area contributed by atoms with Crippen LogP contribution in [-0.4, -0.2) is 40.5 Å². The standard InChI is InChI=1S/C13H20N2O3/c14-8-3-7-4-9(5-8)15(6-7)12(16)10-1-2-11(10)13(17)18/h7-11H,1-6,14H2,(H,17,18). The second-order valence-electron chi connectivity index (χ2n) is 6.11. The van der Waals surface area contributed by atoms with Crippen LogP contribution >= 0.6 is 0 Å². The molecule has 5 nitrogen and oxygen atoms in total. The number of carboxylic acid groups (broad SMARTS) is 1. The van der Waals surface area contributed by atoms with E-state index < -0.39 is 11.9 Å². The summed E-state index contributed by atoms with van der Waals surface area (Å²) >= 11 is 0. The van der Waals surface area contributed by atoms with Crippen LogP contribution in [0.25, 0.3) is 0 Å². The van der Waals surface area contributed by atoms with Crippen LogP contribution in [0.2, 0.25) is 0 Å². The number of carboxylic acids is 1. The summed E-state index contributed by atoms with van der Waals surface area (Å²) in [5.41, 5.74) is 5.98. The van der Waals surface area contributed by atoms with Gasteiger partial charge in [-0.3, -0.25) is 9.59 Å². The molecule has 1 aliphatic heterocycles. The minimum absolute atomic E-state index is 0.0650. The molecule has 2 bridgehead atoms. The van der Waals surface area contributed by atoms with Crippen molar-refractivity contribution in [3.05, 3.63) is 0 Å². The molecule has 2 aliphatic carbocycles. The van der Waals surface area contributed by atoms with E-state index in [0.29, 0.717) is 12.3 Å². The first-order valence-corrected chi connectivity index (χ1v) is 6.85. The molecule has 3 fully saturated rings. The number of nitrogens with zero attached hydrogens (tertiary/aromatic N) is 1. The second-order valence-corrected chi connectivity index (χ2v) is 6.11. The third-order valence-corrected chi connectivity index (χ3v) is 4.90. The Morgan fingerprint density at radius 2 is 1.83 bits per heavy atom. The van der Waals surface area contributed by atoms with E-state index in [1.54, 1.807) is 0 Å². The number of carbonyl (C=O) groups is 2. The van der Waals surface area contributed by atoms with Gasteiger partial charge in [0.1, 0.15) is 0 Å². The number of rotatable bonds is 2. The first-order valence-electron chi connectivity index (χ1n) is 6.85. The summed E-state index contributed by atoms with van der Waals surface area (Å²) < 4.78 is 0. The fourth-order valence-electron chi connectivity index (χ4n) is 3.86. The molecule has 0 aromatic rings. The average molecular weight is 252 g/mol. The van der Waals surface area contributed by atoms with Crippen LogP contribution in [0, 0.1) is 17.8 Å². The van der Waals surface area contributed by atoms with Crippen molar-refractivity contribution in [1.82, 2.24) is 4.90 Å². The van der Waals surface area contributed by atoms with Gasteiger partial charge in [-0.05, 0) is 38.0 Å². The molecule has 5 atom stereocenters. The van der Waals surface area contributed by atoms with Crippen LogP contribution < -0.4 is 5.73 Å². The second kappa shape index (κ2) is 4.23. The third-order valence-electron chi connectivity index (χ3n) is 4.90. The van der Waals surface area contributed by atoms with Gasteiger partial charge in [-0.25, -0.2) is 0 Å². The molecule has 1 heterocycles. The van der Waals surface area contributed by atoms with Crippen LogP contribution in [0.15, 0.2) is 0 Å². The molecular weight excluding hydrogens is 232 g/mol. The maximum atomic E-state index is 12.4. The number of carbonyl (C=O) groups excluding carboxylic acids is 1. The van der Waals surface area contributed by atoms with E-state index in [1.165, 1.54) is 0 Å². The van der Waals surface area contributed by atoms with Crippen molar-refractivity contribution in [3.63, 3.8) is 0 Å². The fraction of sp³-hybridized carbons (Fsp3) is 0.846. The molecular formula is C13H20N2O3. The van der Waals surface area contributed by atoms with Crippen molar-refractivity contribution in [2.24, 2.45) is 23.5 Å². The van der Waals surface area contributed by atoms with E-state index in [-0.39, 0.29) is 23.9 Å². The Balaban J connectivity index is 1.69. The van der Waals surface area contributed by atoms with Crippen LogP contribution in [0.4, 0.5) is 0 Å². The van der Waals surface area contributed by atoms with Crippen molar-refractivity contribution in [1.29, 1.82) is 0 Å². The van der Waals surface area contributed by atoms with Crippen LogP contribution in [0.5, 0.6) is 0 Å². The highest BCUT2D eigenvalue weighted by Crippen LogP contribution is 2.41. The molecule has 5 heteroatoms. The molecule has 0 spiro atoms. The highest BCUT2D eigenvalue weighted by Gasteiger charge is 2.48. The molecule has 0 aromatic carbocycles. The van der Waals surface area contributed by atoms with Gasteiger partial charge in [0.05, 0.1) is 11.8 Å². The lowest BCUT2D eigenvalue weighted by Crippen LogP contribution is -2.48. The molecule has 18 heavy (non-hydrogen) atoms. The molecule has 0 aromatic heterocycles. The summed E-state index contributed by atoms with van der Waals surface area (Å²) in [6.07, 6.45) is 4.33.